The van der Waals surface area contributed by atoms with Gasteiger partial charge in [0, 0.05) is 5.02 Å². The minimum absolute atomic E-state index is 0.234. The smallest absolute Gasteiger partial charge is 0.253 e. The largest absolute Gasteiger partial charge is 0.368 e. The van der Waals surface area contributed by atoms with Crippen molar-refractivity contribution in [1.82, 2.24) is 5.32 Å². The highest BCUT2D eigenvalue weighted by molar-refractivity contribution is 6.36. The lowest BCUT2D eigenvalue weighted by atomic mass is 10.0. The third-order valence-electron chi connectivity index (χ3n) is 2.53. The van der Waals surface area contributed by atoms with Crippen LogP contribution in [0.1, 0.15) is 30.6 Å². The van der Waals surface area contributed by atoms with Crippen molar-refractivity contribution >= 4 is 35.0 Å². The number of carbonyl (C=O) groups is 2. The minimum atomic E-state index is -0.709. The van der Waals surface area contributed by atoms with Crippen LogP contribution in [-0.2, 0) is 4.79 Å². The zero-order valence-corrected chi connectivity index (χ0v) is 12.3. The summed E-state index contributed by atoms with van der Waals surface area (Å²) in [5, 5.41) is 3.26. The third kappa shape index (κ3) is 4.73. The summed E-state index contributed by atoms with van der Waals surface area (Å²) in [5.74, 6) is -0.767. The van der Waals surface area contributed by atoms with Crippen LogP contribution >= 0.6 is 23.2 Å². The van der Waals surface area contributed by atoms with Gasteiger partial charge in [0.15, 0.2) is 0 Å². The second-order valence-corrected chi connectivity index (χ2v) is 5.53. The Morgan fingerprint density at radius 1 is 1.32 bits per heavy atom. The Balaban J connectivity index is 2.84. The Labute approximate surface area is 122 Å². The minimum Gasteiger partial charge on any atom is -0.368 e. The molecule has 1 aromatic carbocycles. The van der Waals surface area contributed by atoms with E-state index < -0.39 is 17.9 Å². The van der Waals surface area contributed by atoms with Crippen LogP contribution in [0.15, 0.2) is 18.2 Å². The second kappa shape index (κ2) is 6.78. The van der Waals surface area contributed by atoms with Crippen molar-refractivity contribution in [3.8, 4) is 0 Å². The van der Waals surface area contributed by atoms with Crippen LogP contribution in [0.5, 0.6) is 0 Å². The molecule has 0 bridgehead atoms. The van der Waals surface area contributed by atoms with Gasteiger partial charge in [0.25, 0.3) is 5.91 Å². The number of hydrogen-bond acceptors (Lipinski definition) is 2. The van der Waals surface area contributed by atoms with Crippen molar-refractivity contribution in [2.24, 2.45) is 11.7 Å². The molecule has 104 valence electrons. The van der Waals surface area contributed by atoms with E-state index in [1.165, 1.54) is 12.1 Å². The Hall–Kier alpha value is -1.26. The van der Waals surface area contributed by atoms with Gasteiger partial charge in [-0.1, -0.05) is 37.0 Å². The van der Waals surface area contributed by atoms with Crippen molar-refractivity contribution in [1.29, 1.82) is 0 Å². The first-order valence-corrected chi connectivity index (χ1v) is 6.62. The number of nitrogens with two attached hydrogens (primary N) is 1. The monoisotopic (exact) mass is 302 g/mol. The van der Waals surface area contributed by atoms with E-state index in [4.69, 9.17) is 28.9 Å². The summed E-state index contributed by atoms with van der Waals surface area (Å²) in [4.78, 5) is 23.3. The molecule has 0 radical (unpaired) electrons. The van der Waals surface area contributed by atoms with Gasteiger partial charge < -0.3 is 11.1 Å². The molecule has 0 aliphatic rings. The normalized spacial score (nSPS) is 12.3. The third-order valence-corrected chi connectivity index (χ3v) is 3.08. The molecule has 4 nitrogen and oxygen atoms in total. The maximum Gasteiger partial charge on any atom is 0.253 e. The van der Waals surface area contributed by atoms with Crippen LogP contribution < -0.4 is 11.1 Å². The van der Waals surface area contributed by atoms with Crippen LogP contribution in [0.25, 0.3) is 0 Å². The second-order valence-electron chi connectivity index (χ2n) is 4.68. The molecule has 0 aliphatic heterocycles. The Kier molecular flexibility index (Phi) is 5.63. The zero-order valence-electron chi connectivity index (χ0n) is 10.7. The molecule has 0 saturated carbocycles. The molecule has 1 rings (SSSR count). The lowest BCUT2D eigenvalue weighted by Gasteiger charge is -2.17. The highest BCUT2D eigenvalue weighted by atomic mass is 35.5. The van der Waals surface area contributed by atoms with Crippen LogP contribution in [0.2, 0.25) is 10.0 Å². The van der Waals surface area contributed by atoms with E-state index >= 15 is 0 Å². The summed E-state index contributed by atoms with van der Waals surface area (Å²) in [6, 6.07) is 3.83. The van der Waals surface area contributed by atoms with Gasteiger partial charge in [0.05, 0.1) is 10.6 Å². The Morgan fingerprint density at radius 3 is 2.42 bits per heavy atom. The van der Waals surface area contributed by atoms with Gasteiger partial charge in [-0.2, -0.15) is 0 Å². The predicted molar refractivity (Wildman–Crippen MR) is 76.4 cm³/mol. The van der Waals surface area contributed by atoms with Gasteiger partial charge in [0.1, 0.15) is 6.04 Å². The molecule has 0 aliphatic carbocycles. The molecular formula is C13H16Cl2N2O2. The average Bonchev–Trinajstić information content (AvgIpc) is 2.26. The van der Waals surface area contributed by atoms with Gasteiger partial charge >= 0.3 is 0 Å². The lowest BCUT2D eigenvalue weighted by Crippen LogP contribution is -2.45. The Bertz CT molecular complexity index is 490. The average molecular weight is 303 g/mol. The number of benzene rings is 1. The number of carbonyl (C=O) groups excluding carboxylic acids is 2. The topological polar surface area (TPSA) is 72.2 Å². The molecule has 0 heterocycles. The predicted octanol–water partition coefficient (Wildman–Crippen LogP) is 2.62. The highest BCUT2D eigenvalue weighted by Crippen LogP contribution is 2.21. The molecule has 6 heteroatoms. The van der Waals surface area contributed by atoms with Gasteiger partial charge in [0.2, 0.25) is 5.91 Å². The number of nitrogens with one attached hydrogen (secondary N) is 1. The van der Waals surface area contributed by atoms with Crippen LogP contribution in [0.3, 0.4) is 0 Å². The van der Waals surface area contributed by atoms with Gasteiger partial charge in [-0.25, -0.2) is 0 Å². The highest BCUT2D eigenvalue weighted by Gasteiger charge is 2.21. The summed E-state index contributed by atoms with van der Waals surface area (Å²) in [5.41, 5.74) is 5.53. The van der Waals surface area contributed by atoms with E-state index in [0.717, 1.165) is 0 Å². The summed E-state index contributed by atoms with van der Waals surface area (Å²) in [6.45, 7) is 3.88. The summed E-state index contributed by atoms with van der Waals surface area (Å²) >= 11 is 11.7. The zero-order chi connectivity index (χ0) is 14.6. The SMILES string of the molecule is CC(C)CC(NC(=O)c1ccc(Cl)cc1Cl)C(N)=O. The standard InChI is InChI=1S/C13H16Cl2N2O2/c1-7(2)5-11(12(16)18)17-13(19)9-4-3-8(14)6-10(9)15/h3-4,6-7,11H,5H2,1-2H3,(H2,16,18)(H,17,19). The van der Waals surface area contributed by atoms with Crippen molar-refractivity contribution in [3.05, 3.63) is 33.8 Å². The molecule has 0 aromatic heterocycles. The van der Waals surface area contributed by atoms with Gasteiger partial charge in [-0.05, 0) is 30.5 Å². The molecule has 0 spiro atoms. The fourth-order valence-corrected chi connectivity index (χ4v) is 2.12. The van der Waals surface area contributed by atoms with Crippen molar-refractivity contribution < 1.29 is 9.59 Å². The number of amides is 2. The number of primary amides is 1. The van der Waals surface area contributed by atoms with E-state index in [1.54, 1.807) is 6.07 Å². The van der Waals surface area contributed by atoms with Gasteiger partial charge in [-0.15, -0.1) is 0 Å². The first-order chi connectivity index (χ1) is 8.81. The fraction of sp³-hybridized carbons (Fsp3) is 0.385. The van der Waals surface area contributed by atoms with E-state index in [2.05, 4.69) is 5.32 Å². The van der Waals surface area contributed by atoms with Gasteiger partial charge in [-0.3, -0.25) is 9.59 Å². The Morgan fingerprint density at radius 2 is 1.95 bits per heavy atom. The van der Waals surface area contributed by atoms with E-state index in [1.807, 2.05) is 13.8 Å². The van der Waals surface area contributed by atoms with E-state index in [-0.39, 0.29) is 16.5 Å². The quantitative estimate of drug-likeness (QED) is 0.877. The molecule has 3 N–H and O–H groups in total. The maximum atomic E-state index is 12.0. The van der Waals surface area contributed by atoms with Crippen LogP contribution in [0, 0.1) is 5.92 Å². The van der Waals surface area contributed by atoms with Crippen LogP contribution in [0.4, 0.5) is 0 Å². The summed E-state index contributed by atoms with van der Waals surface area (Å²) in [6.07, 6.45) is 0.478. The molecule has 2 amide bonds. The van der Waals surface area contributed by atoms with Crippen molar-refractivity contribution in [3.63, 3.8) is 0 Å². The molecule has 1 aromatic rings. The van der Waals surface area contributed by atoms with E-state index in [0.29, 0.717) is 11.4 Å². The molecule has 1 unspecified atom stereocenters. The number of rotatable bonds is 5. The molecule has 19 heavy (non-hydrogen) atoms. The van der Waals surface area contributed by atoms with Crippen molar-refractivity contribution in [2.75, 3.05) is 0 Å². The molecule has 1 atom stereocenters. The number of hydrogen-bond donors (Lipinski definition) is 2. The first-order valence-electron chi connectivity index (χ1n) is 5.86. The van der Waals surface area contributed by atoms with E-state index in [9.17, 15) is 9.59 Å². The summed E-state index contributed by atoms with van der Waals surface area (Å²) < 4.78 is 0. The first kappa shape index (κ1) is 15.8. The number of halogens is 2. The molecule has 0 saturated heterocycles. The molecule has 0 fully saturated rings. The van der Waals surface area contributed by atoms with Crippen LogP contribution in [-0.4, -0.2) is 17.9 Å². The van der Waals surface area contributed by atoms with Crippen molar-refractivity contribution in [2.45, 2.75) is 26.3 Å². The maximum absolute atomic E-state index is 12.0. The lowest BCUT2D eigenvalue weighted by molar-refractivity contribution is -0.120. The fourth-order valence-electron chi connectivity index (χ4n) is 1.63. The molecular weight excluding hydrogens is 287 g/mol. The summed E-state index contributed by atoms with van der Waals surface area (Å²) in [7, 11) is 0.